The van der Waals surface area contributed by atoms with E-state index in [1.807, 2.05) is 39.0 Å². The molecule has 3 nitrogen and oxygen atoms in total. The van der Waals surface area contributed by atoms with E-state index >= 15 is 0 Å². The zero-order valence-electron chi connectivity index (χ0n) is 11.3. The first-order chi connectivity index (χ1) is 8.60. The Balaban J connectivity index is 2.76. The third kappa shape index (κ3) is 3.62. The average molecular weight is 247 g/mol. The number of hydrogen-bond acceptors (Lipinski definition) is 2. The number of ether oxygens (including phenoxy) is 1. The van der Waals surface area contributed by atoms with Gasteiger partial charge in [0.05, 0.1) is 0 Å². The third-order valence-corrected chi connectivity index (χ3v) is 2.91. The minimum Gasteiger partial charge on any atom is -0.480 e. The van der Waals surface area contributed by atoms with Gasteiger partial charge in [-0.3, -0.25) is 4.79 Å². The van der Waals surface area contributed by atoms with Crippen molar-refractivity contribution in [2.75, 3.05) is 6.54 Å². The highest BCUT2D eigenvalue weighted by Crippen LogP contribution is 2.22. The van der Waals surface area contributed by atoms with Crippen molar-refractivity contribution in [1.29, 1.82) is 0 Å². The van der Waals surface area contributed by atoms with Crippen molar-refractivity contribution in [2.45, 2.75) is 33.3 Å². The molecule has 0 spiro atoms. The van der Waals surface area contributed by atoms with E-state index < -0.39 is 6.10 Å². The lowest BCUT2D eigenvalue weighted by molar-refractivity contribution is -0.127. The SMILES string of the molecule is C=CCNC(=O)C(CC)Oc1cccc(C)c1C. The van der Waals surface area contributed by atoms with Crippen LogP contribution in [0.2, 0.25) is 0 Å². The lowest BCUT2D eigenvalue weighted by Crippen LogP contribution is -2.38. The largest absolute Gasteiger partial charge is 0.480 e. The molecule has 1 amide bonds. The fraction of sp³-hybridized carbons (Fsp3) is 0.400. The maximum absolute atomic E-state index is 11.8. The molecule has 1 unspecified atom stereocenters. The number of hydrogen-bond donors (Lipinski definition) is 1. The van der Waals surface area contributed by atoms with Crippen LogP contribution in [0.3, 0.4) is 0 Å². The van der Waals surface area contributed by atoms with Gasteiger partial charge < -0.3 is 10.1 Å². The molecule has 98 valence electrons. The quantitative estimate of drug-likeness (QED) is 0.785. The van der Waals surface area contributed by atoms with E-state index in [4.69, 9.17) is 4.74 Å². The van der Waals surface area contributed by atoms with E-state index in [-0.39, 0.29) is 5.91 Å². The topological polar surface area (TPSA) is 38.3 Å². The highest BCUT2D eigenvalue weighted by atomic mass is 16.5. The van der Waals surface area contributed by atoms with E-state index in [0.29, 0.717) is 13.0 Å². The fourth-order valence-electron chi connectivity index (χ4n) is 1.61. The van der Waals surface area contributed by atoms with Crippen molar-refractivity contribution >= 4 is 5.91 Å². The van der Waals surface area contributed by atoms with Gasteiger partial charge in [0.15, 0.2) is 6.10 Å². The Morgan fingerprint density at radius 3 is 2.83 bits per heavy atom. The van der Waals surface area contributed by atoms with Crippen molar-refractivity contribution in [3.05, 3.63) is 42.0 Å². The van der Waals surface area contributed by atoms with Crippen molar-refractivity contribution in [2.24, 2.45) is 0 Å². The molecule has 0 aliphatic rings. The van der Waals surface area contributed by atoms with Gasteiger partial charge in [0.1, 0.15) is 5.75 Å². The Bertz CT molecular complexity index is 427. The second kappa shape index (κ2) is 6.84. The van der Waals surface area contributed by atoms with Crippen LogP contribution in [0.1, 0.15) is 24.5 Å². The van der Waals surface area contributed by atoms with Crippen molar-refractivity contribution in [3.63, 3.8) is 0 Å². The molecule has 0 aliphatic heterocycles. The van der Waals surface area contributed by atoms with Crippen LogP contribution < -0.4 is 10.1 Å². The molecule has 0 heterocycles. The summed E-state index contributed by atoms with van der Waals surface area (Å²) in [4.78, 5) is 11.8. The van der Waals surface area contributed by atoms with Crippen LogP contribution in [0.25, 0.3) is 0 Å². The molecule has 1 N–H and O–H groups in total. The number of carbonyl (C=O) groups is 1. The Morgan fingerprint density at radius 2 is 2.22 bits per heavy atom. The molecule has 0 bridgehead atoms. The molecule has 1 atom stereocenters. The van der Waals surface area contributed by atoms with E-state index in [9.17, 15) is 4.79 Å². The van der Waals surface area contributed by atoms with E-state index in [1.54, 1.807) is 6.08 Å². The Kier molecular flexibility index (Phi) is 5.43. The molecule has 1 aromatic rings. The van der Waals surface area contributed by atoms with Crippen molar-refractivity contribution < 1.29 is 9.53 Å². The van der Waals surface area contributed by atoms with Gasteiger partial charge in [-0.05, 0) is 37.5 Å². The van der Waals surface area contributed by atoms with Gasteiger partial charge in [-0.1, -0.05) is 25.1 Å². The number of nitrogens with one attached hydrogen (secondary N) is 1. The normalized spacial score (nSPS) is 11.7. The molecule has 0 radical (unpaired) electrons. The maximum Gasteiger partial charge on any atom is 0.261 e. The van der Waals surface area contributed by atoms with Crippen LogP contribution in [0, 0.1) is 13.8 Å². The highest BCUT2D eigenvalue weighted by molar-refractivity contribution is 5.81. The third-order valence-electron chi connectivity index (χ3n) is 2.91. The first kappa shape index (κ1) is 14.3. The van der Waals surface area contributed by atoms with Crippen molar-refractivity contribution in [3.8, 4) is 5.75 Å². The lowest BCUT2D eigenvalue weighted by atomic mass is 10.1. The number of amides is 1. The van der Waals surface area contributed by atoms with Gasteiger partial charge >= 0.3 is 0 Å². The standard InChI is InChI=1S/C15H21NO2/c1-5-10-16-15(17)13(6-2)18-14-9-7-8-11(3)12(14)4/h5,7-9,13H,1,6,10H2,2-4H3,(H,16,17). The molecule has 0 aromatic heterocycles. The second-order valence-corrected chi connectivity index (χ2v) is 4.25. The zero-order valence-corrected chi connectivity index (χ0v) is 11.3. The molecular formula is C15H21NO2. The van der Waals surface area contributed by atoms with Gasteiger partial charge in [-0.2, -0.15) is 0 Å². The molecule has 3 heteroatoms. The number of benzene rings is 1. The van der Waals surface area contributed by atoms with Gasteiger partial charge in [0, 0.05) is 6.54 Å². The fourth-order valence-corrected chi connectivity index (χ4v) is 1.61. The molecule has 1 aromatic carbocycles. The summed E-state index contributed by atoms with van der Waals surface area (Å²) in [5.41, 5.74) is 2.24. The minimum atomic E-state index is -0.453. The van der Waals surface area contributed by atoms with E-state index in [2.05, 4.69) is 11.9 Å². The monoisotopic (exact) mass is 247 g/mol. The summed E-state index contributed by atoms with van der Waals surface area (Å²) >= 11 is 0. The number of carbonyl (C=O) groups excluding carboxylic acids is 1. The Labute approximate surface area is 109 Å². The van der Waals surface area contributed by atoms with Crippen LogP contribution in [-0.2, 0) is 4.79 Å². The summed E-state index contributed by atoms with van der Waals surface area (Å²) in [6, 6.07) is 5.86. The van der Waals surface area contributed by atoms with Crippen LogP contribution in [-0.4, -0.2) is 18.6 Å². The Morgan fingerprint density at radius 1 is 1.50 bits per heavy atom. The summed E-state index contributed by atoms with van der Waals surface area (Å²) in [6.45, 7) is 10.00. The number of rotatable bonds is 6. The molecule has 0 saturated carbocycles. The van der Waals surface area contributed by atoms with Crippen LogP contribution in [0.4, 0.5) is 0 Å². The Hall–Kier alpha value is -1.77. The number of aryl methyl sites for hydroxylation is 1. The predicted octanol–water partition coefficient (Wildman–Crippen LogP) is 2.76. The highest BCUT2D eigenvalue weighted by Gasteiger charge is 2.18. The summed E-state index contributed by atoms with van der Waals surface area (Å²) in [6.07, 6.45) is 1.84. The van der Waals surface area contributed by atoms with Crippen LogP contribution in [0.5, 0.6) is 5.75 Å². The van der Waals surface area contributed by atoms with Crippen LogP contribution in [0.15, 0.2) is 30.9 Å². The molecule has 0 aliphatic carbocycles. The zero-order chi connectivity index (χ0) is 13.5. The summed E-state index contributed by atoms with van der Waals surface area (Å²) < 4.78 is 5.79. The first-order valence-electron chi connectivity index (χ1n) is 6.21. The molecular weight excluding hydrogens is 226 g/mol. The van der Waals surface area contributed by atoms with E-state index in [0.717, 1.165) is 16.9 Å². The van der Waals surface area contributed by atoms with Gasteiger partial charge in [0.2, 0.25) is 0 Å². The molecule has 0 saturated heterocycles. The van der Waals surface area contributed by atoms with Gasteiger partial charge in [-0.25, -0.2) is 0 Å². The minimum absolute atomic E-state index is 0.0988. The average Bonchev–Trinajstić information content (AvgIpc) is 2.37. The molecule has 18 heavy (non-hydrogen) atoms. The smallest absolute Gasteiger partial charge is 0.261 e. The van der Waals surface area contributed by atoms with Gasteiger partial charge in [-0.15, -0.1) is 6.58 Å². The summed E-state index contributed by atoms with van der Waals surface area (Å²) in [5.74, 6) is 0.675. The molecule has 1 rings (SSSR count). The van der Waals surface area contributed by atoms with Crippen molar-refractivity contribution in [1.82, 2.24) is 5.32 Å². The maximum atomic E-state index is 11.8. The predicted molar refractivity (Wildman–Crippen MR) is 73.8 cm³/mol. The lowest BCUT2D eigenvalue weighted by Gasteiger charge is -2.18. The van der Waals surface area contributed by atoms with Gasteiger partial charge in [0.25, 0.3) is 5.91 Å². The molecule has 0 fully saturated rings. The van der Waals surface area contributed by atoms with Crippen LogP contribution >= 0.6 is 0 Å². The summed E-state index contributed by atoms with van der Waals surface area (Å²) in [5, 5.41) is 2.76. The second-order valence-electron chi connectivity index (χ2n) is 4.25. The van der Waals surface area contributed by atoms with E-state index in [1.165, 1.54) is 0 Å². The summed E-state index contributed by atoms with van der Waals surface area (Å²) in [7, 11) is 0. The first-order valence-corrected chi connectivity index (χ1v) is 6.21.